The van der Waals surface area contributed by atoms with Gasteiger partial charge in [0.1, 0.15) is 22.6 Å². The number of pyridine rings is 4. The molecule has 13 N–H and O–H groups in total. The van der Waals surface area contributed by atoms with E-state index in [1.807, 2.05) is 158 Å². The first-order valence-electron chi connectivity index (χ1n) is 35.7. The smallest absolute Gasteiger partial charge is 0.319 e. The fourth-order valence-corrected chi connectivity index (χ4v) is 15.3. The Bertz CT molecular complexity index is 6600. The average molecular weight is 1610 g/mol. The SMILES string of the molecule is NS(=O)(=O)c1cccc(Nc2nccc3c(-c4cccc(NC(=O)NC5CCCCC5)c4)cccc23)c1.NS(=O)(=O)c1cccc(Nc2nccc3c(-c4cccc([N+](=O)[O-])c4)cccc23)c1.Nc1cccc(-c2cccc3c(Nc4cccc(S(N)(=O)=O)c4)nccc23)c1.O=[N+]([O-])c1cccc(-c2cccc3c(Cl)nccc23)c1. The molecule has 0 unspecified atom stereocenters. The molecular formula is C85H72ClN15O11S3. The maximum Gasteiger partial charge on any atom is 0.319 e. The number of sulfonamides is 3. The number of halogens is 1. The Hall–Kier alpha value is -13.7. The number of non-ortho nitro benzene ring substituents is 2. The van der Waals surface area contributed by atoms with Crippen molar-refractivity contribution >= 4 is 148 Å². The topological polar surface area (TPSA) is 422 Å². The average Bonchev–Trinajstić information content (AvgIpc) is 0.790. The number of primary sulfonamides is 3. The number of nitrogens with zero attached hydrogens (tertiary/aromatic N) is 6. The molecule has 1 aliphatic carbocycles. The van der Waals surface area contributed by atoms with Crippen molar-refractivity contribution in [3.8, 4) is 44.5 Å². The molecule has 26 nitrogen and oxygen atoms in total. The van der Waals surface area contributed by atoms with Crippen molar-refractivity contribution < 1.29 is 39.9 Å². The molecule has 2 amide bonds. The predicted octanol–water partition coefficient (Wildman–Crippen LogP) is 18.3. The van der Waals surface area contributed by atoms with Crippen molar-refractivity contribution in [3.05, 3.63) is 317 Å². The summed E-state index contributed by atoms with van der Waals surface area (Å²) in [6.07, 6.45) is 12.3. The van der Waals surface area contributed by atoms with E-state index in [1.165, 1.54) is 61.0 Å². The lowest BCUT2D eigenvalue weighted by atomic mass is 9.96. The van der Waals surface area contributed by atoms with Gasteiger partial charge in [-0.15, -0.1) is 0 Å². The third kappa shape index (κ3) is 19.6. The van der Waals surface area contributed by atoms with E-state index in [0.29, 0.717) is 50.9 Å². The van der Waals surface area contributed by atoms with Gasteiger partial charge in [-0.1, -0.05) is 170 Å². The third-order valence-electron chi connectivity index (χ3n) is 18.8. The summed E-state index contributed by atoms with van der Waals surface area (Å²) in [4.78, 5) is 51.1. The van der Waals surface area contributed by atoms with Crippen molar-refractivity contribution in [2.45, 2.75) is 52.8 Å². The van der Waals surface area contributed by atoms with Crippen molar-refractivity contribution in [1.82, 2.24) is 25.3 Å². The van der Waals surface area contributed by atoms with Gasteiger partial charge in [0.05, 0.1) is 24.5 Å². The van der Waals surface area contributed by atoms with Gasteiger partial charge in [0.25, 0.3) is 11.4 Å². The molecule has 0 aliphatic heterocycles. The van der Waals surface area contributed by atoms with Crippen LogP contribution in [-0.4, -0.2) is 67.1 Å². The summed E-state index contributed by atoms with van der Waals surface area (Å²) < 4.78 is 69.9. The Morgan fingerprint density at radius 3 is 1.10 bits per heavy atom. The Morgan fingerprint density at radius 1 is 0.374 bits per heavy atom. The second kappa shape index (κ2) is 34.9. The van der Waals surface area contributed by atoms with Crippen molar-refractivity contribution in [1.29, 1.82) is 0 Å². The Labute approximate surface area is 665 Å². The van der Waals surface area contributed by atoms with Crippen LogP contribution in [0.5, 0.6) is 0 Å². The fraction of sp³-hybridized carbons (Fsp3) is 0.0706. The number of nitrogens with two attached hydrogens (primary N) is 4. The van der Waals surface area contributed by atoms with Crippen LogP contribution in [0.4, 0.5) is 62.1 Å². The highest BCUT2D eigenvalue weighted by molar-refractivity contribution is 7.89. The number of hydrogen-bond acceptors (Lipinski definition) is 19. The van der Waals surface area contributed by atoms with Crippen molar-refractivity contribution in [2.75, 3.05) is 27.0 Å². The number of nitrogens with one attached hydrogen (secondary N) is 5. The van der Waals surface area contributed by atoms with Crippen molar-refractivity contribution in [2.24, 2.45) is 15.4 Å². The number of fused-ring (bicyclic) bond motifs is 4. The van der Waals surface area contributed by atoms with Gasteiger partial charge < -0.3 is 32.3 Å². The fourth-order valence-electron chi connectivity index (χ4n) is 13.4. The second-order valence-electron chi connectivity index (χ2n) is 26.5. The monoisotopic (exact) mass is 1610 g/mol. The number of carbonyl (C=O) groups is 1. The van der Waals surface area contributed by atoms with Gasteiger partial charge in [-0.25, -0.2) is 65.4 Å². The van der Waals surface area contributed by atoms with E-state index in [0.717, 1.165) is 113 Å². The van der Waals surface area contributed by atoms with Gasteiger partial charge in [0.15, 0.2) is 0 Å². The molecule has 115 heavy (non-hydrogen) atoms. The normalized spacial score (nSPS) is 12.2. The molecule has 16 rings (SSSR count). The van der Waals surface area contributed by atoms with E-state index in [-0.39, 0.29) is 38.1 Å². The van der Waals surface area contributed by atoms with Crippen LogP contribution < -0.4 is 47.7 Å². The lowest BCUT2D eigenvalue weighted by Crippen LogP contribution is -2.39. The molecule has 0 bridgehead atoms. The second-order valence-corrected chi connectivity index (χ2v) is 31.6. The van der Waals surface area contributed by atoms with Gasteiger partial charge in [0, 0.05) is 105 Å². The molecule has 4 aromatic heterocycles. The maximum atomic E-state index is 12.6. The van der Waals surface area contributed by atoms with E-state index in [1.54, 1.807) is 79.4 Å². The molecule has 0 atom stereocenters. The zero-order valence-corrected chi connectivity index (χ0v) is 64.1. The number of nitrogen functional groups attached to an aromatic ring is 1. The van der Waals surface area contributed by atoms with Crippen LogP contribution in [0.2, 0.25) is 5.15 Å². The quantitative estimate of drug-likeness (QED) is 0.0177. The third-order valence-corrected chi connectivity index (χ3v) is 21.8. The Balaban J connectivity index is 0.000000136. The summed E-state index contributed by atoms with van der Waals surface area (Å²) in [5.41, 5.74) is 16.3. The van der Waals surface area contributed by atoms with Gasteiger partial charge in [0.2, 0.25) is 30.1 Å². The standard InChI is InChI=1S/C28H29N5O3S.C21H16N4O4S.C21H18N4O2S.C15H9ClN2O2/c29-37(35,36)23-12-5-11-22(18-23)31-27-26-14-6-13-24(25(26)15-16-30-27)19-7-4-10-21(17-19)33-28(34)32-20-8-2-1-3-9-20;22-30(28,29)17-7-2-5-15(13-17)24-21-20-9-3-8-18(19(20)10-11-23-21)14-4-1-6-16(12-14)25(26)27;22-15-5-1-4-14(12-15)18-8-3-9-20-19(18)10-11-24-21(20)25-16-6-2-7-17(13-16)28(23,26)27;16-15-14-6-2-5-12(13(14)7-8-17-15)10-3-1-4-11(9-10)18(19)20/h4-7,10-18,20H,1-3,8-9H2,(H,30,31)(H2,29,35,36)(H2,32,33,34);1-13H,(H,23,24)(H2,22,28,29);1-13H,22H2,(H,24,25)(H2,23,26,27);1-9H. The van der Waals surface area contributed by atoms with Crippen LogP contribution in [0.3, 0.4) is 0 Å². The highest BCUT2D eigenvalue weighted by atomic mass is 35.5. The van der Waals surface area contributed by atoms with Crippen LogP contribution in [0.1, 0.15) is 32.1 Å². The first kappa shape index (κ1) is 79.4. The highest BCUT2D eigenvalue weighted by Crippen LogP contribution is 2.39. The molecule has 15 aromatic rings. The minimum Gasteiger partial charge on any atom is -0.399 e. The number of benzene rings is 11. The summed E-state index contributed by atoms with van der Waals surface area (Å²) in [6.45, 7) is 0. The number of anilines is 8. The number of nitro benzene ring substituents is 2. The molecule has 4 heterocycles. The van der Waals surface area contributed by atoms with E-state index in [2.05, 4.69) is 46.5 Å². The largest absolute Gasteiger partial charge is 0.399 e. The zero-order valence-electron chi connectivity index (χ0n) is 60.9. The molecule has 0 spiro atoms. The molecule has 1 fully saturated rings. The lowest BCUT2D eigenvalue weighted by molar-refractivity contribution is -0.385. The zero-order chi connectivity index (χ0) is 81.0. The summed E-state index contributed by atoms with van der Waals surface area (Å²) in [6, 6.07) is 78.0. The van der Waals surface area contributed by atoms with Crippen LogP contribution in [0.15, 0.2) is 306 Å². The van der Waals surface area contributed by atoms with Crippen LogP contribution in [-0.2, 0) is 30.1 Å². The van der Waals surface area contributed by atoms with Crippen LogP contribution >= 0.6 is 11.6 Å². The minimum absolute atomic E-state index is 0.00924. The molecule has 1 aliphatic rings. The molecule has 30 heteroatoms. The molecule has 0 radical (unpaired) electrons. The van der Waals surface area contributed by atoms with E-state index in [4.69, 9.17) is 32.8 Å². The molecular weight excluding hydrogens is 1540 g/mol. The van der Waals surface area contributed by atoms with E-state index < -0.39 is 39.9 Å². The van der Waals surface area contributed by atoms with Gasteiger partial charge in [-0.05, 0) is 182 Å². The molecule has 11 aromatic carbocycles. The summed E-state index contributed by atoms with van der Waals surface area (Å²) in [7, 11) is -11.4. The lowest BCUT2D eigenvalue weighted by Gasteiger charge is -2.23. The van der Waals surface area contributed by atoms with E-state index >= 15 is 0 Å². The van der Waals surface area contributed by atoms with Crippen LogP contribution in [0, 0.1) is 20.2 Å². The first-order valence-corrected chi connectivity index (χ1v) is 40.7. The summed E-state index contributed by atoms with van der Waals surface area (Å²) in [5, 5.41) is 60.9. The number of rotatable bonds is 17. The van der Waals surface area contributed by atoms with Gasteiger partial charge in [-0.2, -0.15) is 0 Å². The highest BCUT2D eigenvalue weighted by Gasteiger charge is 2.20. The number of aromatic nitrogens is 4. The summed E-state index contributed by atoms with van der Waals surface area (Å²) in [5.74, 6) is 1.73. The Morgan fingerprint density at radius 2 is 0.704 bits per heavy atom. The van der Waals surface area contributed by atoms with E-state index in [9.17, 15) is 50.3 Å². The summed E-state index contributed by atoms with van der Waals surface area (Å²) >= 11 is 6.08. The number of carbonyl (C=O) groups excluding carboxylic acids is 1. The molecule has 578 valence electrons. The number of hydrogen-bond donors (Lipinski definition) is 9. The van der Waals surface area contributed by atoms with Gasteiger partial charge in [-0.3, -0.25) is 20.2 Å². The number of nitro groups is 2. The van der Waals surface area contributed by atoms with Crippen molar-refractivity contribution in [3.63, 3.8) is 0 Å². The number of amides is 2. The van der Waals surface area contributed by atoms with Gasteiger partial charge >= 0.3 is 6.03 Å². The van der Waals surface area contributed by atoms with Crippen LogP contribution in [0.25, 0.3) is 87.6 Å². The molecule has 0 saturated heterocycles. The number of urea groups is 1. The first-order chi connectivity index (χ1) is 55.3. The minimum atomic E-state index is -3.83. The maximum absolute atomic E-state index is 12.6. The molecule has 1 saturated carbocycles. The predicted molar refractivity (Wildman–Crippen MR) is 454 cm³/mol. The Kier molecular flexibility index (Phi) is 24.1.